The molecule has 0 spiro atoms. The molecule has 0 unspecified atom stereocenters. The van der Waals surface area contributed by atoms with Crippen LogP contribution < -0.4 is 4.90 Å². The number of Topliss-reactive ketones (excluding diaryl/α,β-unsaturated/α-hetero) is 1. The van der Waals surface area contributed by atoms with Gasteiger partial charge in [0.25, 0.3) is 0 Å². The van der Waals surface area contributed by atoms with Crippen LogP contribution in [0.25, 0.3) is 10.9 Å². The Morgan fingerprint density at radius 2 is 1.74 bits per heavy atom. The second-order valence-electron chi connectivity index (χ2n) is 7.53. The van der Waals surface area contributed by atoms with E-state index in [1.807, 2.05) is 37.4 Å². The average Bonchev–Trinajstić information content (AvgIpc) is 3.13. The van der Waals surface area contributed by atoms with Crippen LogP contribution in [0, 0.1) is 13.8 Å². The van der Waals surface area contributed by atoms with E-state index >= 15 is 0 Å². The van der Waals surface area contributed by atoms with E-state index in [0.717, 1.165) is 42.6 Å². The number of H-pyrrole nitrogens is 1. The summed E-state index contributed by atoms with van der Waals surface area (Å²) in [6.07, 6.45) is 1.86. The Balaban J connectivity index is 1.46. The number of rotatable bonds is 4. The van der Waals surface area contributed by atoms with Crippen molar-refractivity contribution in [1.82, 2.24) is 9.88 Å². The zero-order chi connectivity index (χ0) is 19.0. The van der Waals surface area contributed by atoms with Gasteiger partial charge in [-0.05, 0) is 44.0 Å². The minimum atomic E-state index is -0.107. The Morgan fingerprint density at radius 3 is 2.52 bits per heavy atom. The fraction of sp³-hybridized carbons (Fsp3) is 0.348. The van der Waals surface area contributed by atoms with Crippen molar-refractivity contribution in [2.45, 2.75) is 26.8 Å². The van der Waals surface area contributed by atoms with Crippen molar-refractivity contribution in [3.63, 3.8) is 0 Å². The van der Waals surface area contributed by atoms with Gasteiger partial charge in [0, 0.05) is 54.5 Å². The SMILES string of the molecule is Cc1cccc(N2CCN([C@H](C)C(=O)c3c[nH]c4ccccc34)CC2)c1C. The maximum atomic E-state index is 13.1. The van der Waals surface area contributed by atoms with Gasteiger partial charge in [-0.3, -0.25) is 9.69 Å². The lowest BCUT2D eigenvalue weighted by Gasteiger charge is -2.39. The van der Waals surface area contributed by atoms with Gasteiger partial charge < -0.3 is 9.88 Å². The molecule has 0 saturated carbocycles. The molecular formula is C23H27N3O. The first-order valence-corrected chi connectivity index (χ1v) is 9.72. The number of hydrogen-bond donors (Lipinski definition) is 1. The Labute approximate surface area is 160 Å². The van der Waals surface area contributed by atoms with Crippen LogP contribution in [0.3, 0.4) is 0 Å². The number of anilines is 1. The summed E-state index contributed by atoms with van der Waals surface area (Å²) in [6.45, 7) is 10.1. The number of carbonyl (C=O) groups is 1. The van der Waals surface area contributed by atoms with Crippen molar-refractivity contribution in [3.8, 4) is 0 Å². The van der Waals surface area contributed by atoms with E-state index in [-0.39, 0.29) is 11.8 Å². The van der Waals surface area contributed by atoms with E-state index in [1.165, 1.54) is 16.8 Å². The second-order valence-corrected chi connectivity index (χ2v) is 7.53. The van der Waals surface area contributed by atoms with Crippen LogP contribution in [0.5, 0.6) is 0 Å². The van der Waals surface area contributed by atoms with Crippen molar-refractivity contribution >= 4 is 22.4 Å². The number of benzene rings is 2. The molecule has 1 atom stereocenters. The highest BCUT2D eigenvalue weighted by molar-refractivity contribution is 6.10. The quantitative estimate of drug-likeness (QED) is 0.709. The predicted octanol–water partition coefficient (Wildman–Crippen LogP) is 4.18. The van der Waals surface area contributed by atoms with Crippen molar-refractivity contribution in [2.24, 2.45) is 0 Å². The van der Waals surface area contributed by atoms with Crippen molar-refractivity contribution in [1.29, 1.82) is 0 Å². The Morgan fingerprint density at radius 1 is 1.00 bits per heavy atom. The summed E-state index contributed by atoms with van der Waals surface area (Å²) in [4.78, 5) is 21.1. The number of piperazine rings is 1. The summed E-state index contributed by atoms with van der Waals surface area (Å²) < 4.78 is 0. The van der Waals surface area contributed by atoms with E-state index < -0.39 is 0 Å². The first-order chi connectivity index (χ1) is 13.1. The largest absolute Gasteiger partial charge is 0.369 e. The summed E-state index contributed by atoms with van der Waals surface area (Å²) in [5.74, 6) is 0.202. The van der Waals surface area contributed by atoms with Crippen LogP contribution in [0.1, 0.15) is 28.4 Å². The van der Waals surface area contributed by atoms with Crippen LogP contribution in [0.2, 0.25) is 0 Å². The number of aromatic nitrogens is 1. The van der Waals surface area contributed by atoms with Crippen molar-refractivity contribution in [3.05, 3.63) is 65.4 Å². The van der Waals surface area contributed by atoms with E-state index in [2.05, 4.69) is 46.8 Å². The zero-order valence-corrected chi connectivity index (χ0v) is 16.3. The monoisotopic (exact) mass is 361 g/mol. The number of hydrogen-bond acceptors (Lipinski definition) is 3. The maximum Gasteiger partial charge on any atom is 0.181 e. The highest BCUT2D eigenvalue weighted by Gasteiger charge is 2.28. The normalized spacial score (nSPS) is 16.6. The number of ketones is 1. The standard InChI is InChI=1S/C23H27N3O/c1-16-7-6-10-22(17(16)2)26-13-11-25(12-14-26)18(3)23(27)20-15-24-21-9-5-4-8-19(20)21/h4-10,15,18,24H,11-14H2,1-3H3/t18-/m1/s1. The van der Waals surface area contributed by atoms with Gasteiger partial charge in [-0.2, -0.15) is 0 Å². The third kappa shape index (κ3) is 3.26. The Hall–Kier alpha value is -2.59. The van der Waals surface area contributed by atoms with Crippen molar-refractivity contribution in [2.75, 3.05) is 31.1 Å². The van der Waals surface area contributed by atoms with Crippen LogP contribution in [0.15, 0.2) is 48.7 Å². The van der Waals surface area contributed by atoms with Crippen LogP contribution in [0.4, 0.5) is 5.69 Å². The maximum absolute atomic E-state index is 13.1. The second kappa shape index (κ2) is 7.20. The molecule has 1 aliphatic heterocycles. The third-order valence-corrected chi connectivity index (χ3v) is 6.01. The molecule has 1 aromatic heterocycles. The lowest BCUT2D eigenvalue weighted by molar-refractivity contribution is 0.0831. The highest BCUT2D eigenvalue weighted by atomic mass is 16.1. The van der Waals surface area contributed by atoms with Gasteiger partial charge >= 0.3 is 0 Å². The first-order valence-electron chi connectivity index (χ1n) is 9.72. The zero-order valence-electron chi connectivity index (χ0n) is 16.3. The number of aromatic amines is 1. The molecule has 1 aliphatic rings. The molecule has 0 aliphatic carbocycles. The topological polar surface area (TPSA) is 39.3 Å². The number of nitrogens with one attached hydrogen (secondary N) is 1. The molecule has 1 fully saturated rings. The molecule has 0 radical (unpaired) electrons. The van der Waals surface area contributed by atoms with Gasteiger partial charge in [0.1, 0.15) is 0 Å². The predicted molar refractivity (Wildman–Crippen MR) is 112 cm³/mol. The van der Waals surface area contributed by atoms with Crippen LogP contribution >= 0.6 is 0 Å². The van der Waals surface area contributed by atoms with E-state index in [0.29, 0.717) is 0 Å². The molecule has 0 amide bonds. The smallest absolute Gasteiger partial charge is 0.181 e. The van der Waals surface area contributed by atoms with Gasteiger partial charge in [-0.15, -0.1) is 0 Å². The summed E-state index contributed by atoms with van der Waals surface area (Å²) in [5.41, 5.74) is 5.83. The van der Waals surface area contributed by atoms with Crippen molar-refractivity contribution < 1.29 is 4.79 Å². The average molecular weight is 361 g/mol. The summed E-state index contributed by atoms with van der Waals surface area (Å²) in [5, 5.41) is 1.02. The minimum Gasteiger partial charge on any atom is -0.369 e. The van der Waals surface area contributed by atoms with Gasteiger partial charge in [-0.1, -0.05) is 30.3 Å². The summed E-state index contributed by atoms with van der Waals surface area (Å²) in [6, 6.07) is 14.4. The van der Waals surface area contributed by atoms with Gasteiger partial charge in [0.15, 0.2) is 5.78 Å². The number of carbonyl (C=O) groups excluding carboxylic acids is 1. The number of nitrogens with zero attached hydrogens (tertiary/aromatic N) is 2. The molecule has 4 nitrogen and oxygen atoms in total. The van der Waals surface area contributed by atoms with E-state index in [4.69, 9.17) is 0 Å². The molecule has 4 rings (SSSR count). The molecule has 2 aromatic carbocycles. The van der Waals surface area contributed by atoms with Crippen LogP contribution in [-0.2, 0) is 0 Å². The molecule has 1 saturated heterocycles. The molecule has 0 bridgehead atoms. The lowest BCUT2D eigenvalue weighted by Crippen LogP contribution is -2.52. The van der Waals surface area contributed by atoms with Gasteiger partial charge in [-0.25, -0.2) is 0 Å². The van der Waals surface area contributed by atoms with Gasteiger partial charge in [0.05, 0.1) is 6.04 Å². The van der Waals surface area contributed by atoms with Gasteiger partial charge in [0.2, 0.25) is 0 Å². The highest BCUT2D eigenvalue weighted by Crippen LogP contribution is 2.25. The molecule has 4 heteroatoms. The Bertz CT molecular complexity index is 967. The third-order valence-electron chi connectivity index (χ3n) is 6.01. The molecule has 27 heavy (non-hydrogen) atoms. The van der Waals surface area contributed by atoms with E-state index in [9.17, 15) is 4.79 Å². The number of para-hydroxylation sites is 1. The molecule has 140 valence electrons. The first kappa shape index (κ1) is 17.8. The number of fused-ring (bicyclic) bond motifs is 1. The fourth-order valence-corrected chi connectivity index (χ4v) is 4.09. The molecule has 3 aromatic rings. The summed E-state index contributed by atoms with van der Waals surface area (Å²) in [7, 11) is 0. The minimum absolute atomic E-state index is 0.107. The van der Waals surface area contributed by atoms with E-state index in [1.54, 1.807) is 0 Å². The van der Waals surface area contributed by atoms with Crippen LogP contribution in [-0.4, -0.2) is 47.9 Å². The lowest BCUT2D eigenvalue weighted by atomic mass is 10.0. The summed E-state index contributed by atoms with van der Waals surface area (Å²) >= 11 is 0. The number of aryl methyl sites for hydroxylation is 1. The molecule has 1 N–H and O–H groups in total. The Kier molecular flexibility index (Phi) is 4.75. The molecular weight excluding hydrogens is 334 g/mol. The molecule has 2 heterocycles. The fourth-order valence-electron chi connectivity index (χ4n) is 4.09.